The van der Waals surface area contributed by atoms with Gasteiger partial charge >= 0.3 is 0 Å². The zero-order chi connectivity index (χ0) is 18.5. The van der Waals surface area contributed by atoms with Gasteiger partial charge in [-0.05, 0) is 38.2 Å². The summed E-state index contributed by atoms with van der Waals surface area (Å²) in [4.78, 5) is 39.1. The van der Waals surface area contributed by atoms with Gasteiger partial charge in [0.15, 0.2) is 0 Å². The topological polar surface area (TPSA) is 78.5 Å². The molecule has 2 aliphatic heterocycles. The molecule has 3 atom stereocenters. The van der Waals surface area contributed by atoms with Gasteiger partial charge < -0.3 is 5.32 Å². The zero-order valence-corrected chi connectivity index (χ0v) is 15.2. The average Bonchev–Trinajstić information content (AvgIpc) is 3.37. The van der Waals surface area contributed by atoms with Gasteiger partial charge in [-0.1, -0.05) is 30.3 Å². The predicted molar refractivity (Wildman–Crippen MR) is 95.9 cm³/mol. The Kier molecular flexibility index (Phi) is 3.91. The third kappa shape index (κ3) is 2.63. The maximum absolute atomic E-state index is 12.7. The van der Waals surface area contributed by atoms with Crippen LogP contribution in [0.15, 0.2) is 30.3 Å². The first-order chi connectivity index (χ1) is 12.3. The molecule has 6 nitrogen and oxygen atoms in total. The first-order valence-electron chi connectivity index (χ1n) is 9.26. The molecule has 0 aromatic heterocycles. The van der Waals surface area contributed by atoms with E-state index in [-0.39, 0.29) is 30.3 Å². The third-order valence-electron chi connectivity index (χ3n) is 6.46. The smallest absolute Gasteiger partial charge is 0.234 e. The summed E-state index contributed by atoms with van der Waals surface area (Å²) >= 11 is 0. The molecule has 3 amide bonds. The largest absolute Gasteiger partial charge is 0.348 e. The second kappa shape index (κ2) is 5.91. The van der Waals surface area contributed by atoms with Gasteiger partial charge in [-0.15, -0.1) is 0 Å². The quantitative estimate of drug-likeness (QED) is 0.779. The van der Waals surface area contributed by atoms with Crippen LogP contribution in [0.4, 0.5) is 0 Å². The second-order valence-electron chi connectivity index (χ2n) is 8.39. The number of benzene rings is 1. The van der Waals surface area contributed by atoms with E-state index < -0.39 is 10.8 Å². The van der Waals surface area contributed by atoms with Gasteiger partial charge in [0.2, 0.25) is 17.7 Å². The van der Waals surface area contributed by atoms with E-state index in [2.05, 4.69) is 22.8 Å². The lowest BCUT2D eigenvalue weighted by atomic mass is 9.70. The highest BCUT2D eigenvalue weighted by Crippen LogP contribution is 2.49. The van der Waals surface area contributed by atoms with E-state index in [4.69, 9.17) is 0 Å². The molecule has 0 bridgehead atoms. The Balaban J connectivity index is 1.43. The van der Waals surface area contributed by atoms with Crippen molar-refractivity contribution in [2.75, 3.05) is 19.6 Å². The average molecular weight is 355 g/mol. The Morgan fingerprint density at radius 1 is 1.15 bits per heavy atom. The molecule has 1 aromatic carbocycles. The fourth-order valence-electron chi connectivity index (χ4n) is 4.42. The number of nitrogens with zero attached hydrogens (tertiary/aromatic N) is 1. The Bertz CT molecular complexity index is 733. The number of carbonyl (C=O) groups is 3. The Morgan fingerprint density at radius 2 is 1.73 bits per heavy atom. The van der Waals surface area contributed by atoms with E-state index in [0.29, 0.717) is 19.0 Å². The maximum Gasteiger partial charge on any atom is 0.234 e. The van der Waals surface area contributed by atoms with Gasteiger partial charge in [0.1, 0.15) is 0 Å². The van der Waals surface area contributed by atoms with E-state index in [0.717, 1.165) is 18.4 Å². The predicted octanol–water partition coefficient (Wildman–Crippen LogP) is 1.24. The minimum Gasteiger partial charge on any atom is -0.348 e. The van der Waals surface area contributed by atoms with Crippen molar-refractivity contribution in [1.29, 1.82) is 0 Å². The van der Waals surface area contributed by atoms with Crippen LogP contribution in [0.2, 0.25) is 0 Å². The molecule has 2 N–H and O–H groups in total. The number of amides is 3. The summed E-state index contributed by atoms with van der Waals surface area (Å²) in [5, 5.41) is 5.61. The number of hydrogen-bond donors (Lipinski definition) is 2. The van der Waals surface area contributed by atoms with Crippen molar-refractivity contribution in [2.24, 2.45) is 16.7 Å². The lowest BCUT2D eigenvalue weighted by Crippen LogP contribution is -2.42. The SMILES string of the molecule is CC12CN(CC(=O)NC(c3ccccc3)C3CC3)CC1(C)C(=O)NC2=O. The van der Waals surface area contributed by atoms with Gasteiger partial charge in [0, 0.05) is 13.1 Å². The molecule has 4 rings (SSSR count). The summed E-state index contributed by atoms with van der Waals surface area (Å²) in [5.74, 6) is -0.00594. The lowest BCUT2D eigenvalue weighted by molar-refractivity contribution is -0.129. The van der Waals surface area contributed by atoms with Gasteiger partial charge in [-0.3, -0.25) is 24.6 Å². The first-order valence-corrected chi connectivity index (χ1v) is 9.26. The van der Waals surface area contributed by atoms with Crippen LogP contribution in [-0.2, 0) is 14.4 Å². The van der Waals surface area contributed by atoms with E-state index in [1.807, 2.05) is 36.9 Å². The zero-order valence-electron chi connectivity index (χ0n) is 15.2. The molecule has 3 aliphatic rings. The van der Waals surface area contributed by atoms with E-state index in [1.54, 1.807) is 0 Å². The molecule has 1 aliphatic carbocycles. The Morgan fingerprint density at radius 3 is 2.27 bits per heavy atom. The van der Waals surface area contributed by atoms with Gasteiger partial charge in [-0.25, -0.2) is 0 Å². The number of carbonyl (C=O) groups excluding carboxylic acids is 3. The summed E-state index contributed by atoms with van der Waals surface area (Å²) in [6.07, 6.45) is 2.27. The van der Waals surface area contributed by atoms with Crippen LogP contribution in [-0.4, -0.2) is 42.3 Å². The molecule has 2 saturated heterocycles. The van der Waals surface area contributed by atoms with Crippen LogP contribution in [0, 0.1) is 16.7 Å². The summed E-state index contributed by atoms with van der Waals surface area (Å²) in [6.45, 7) is 4.70. The second-order valence-corrected chi connectivity index (χ2v) is 8.39. The minimum absolute atomic E-state index is 0.0434. The normalized spacial score (nSPS) is 32.2. The molecular weight excluding hydrogens is 330 g/mol. The number of hydrogen-bond acceptors (Lipinski definition) is 4. The highest BCUT2D eigenvalue weighted by atomic mass is 16.2. The third-order valence-corrected chi connectivity index (χ3v) is 6.46. The molecule has 0 spiro atoms. The van der Waals surface area contributed by atoms with Crippen molar-refractivity contribution in [3.63, 3.8) is 0 Å². The highest BCUT2D eigenvalue weighted by molar-refractivity contribution is 6.10. The number of rotatable bonds is 5. The first kappa shape index (κ1) is 17.2. The van der Waals surface area contributed by atoms with Crippen molar-refractivity contribution in [3.05, 3.63) is 35.9 Å². The van der Waals surface area contributed by atoms with Crippen molar-refractivity contribution >= 4 is 17.7 Å². The van der Waals surface area contributed by atoms with Crippen LogP contribution in [0.1, 0.15) is 38.3 Å². The molecule has 26 heavy (non-hydrogen) atoms. The van der Waals surface area contributed by atoms with Crippen molar-refractivity contribution in [3.8, 4) is 0 Å². The molecule has 1 saturated carbocycles. The van der Waals surface area contributed by atoms with Crippen LogP contribution in [0.5, 0.6) is 0 Å². The van der Waals surface area contributed by atoms with Crippen LogP contribution in [0.3, 0.4) is 0 Å². The molecule has 2 heterocycles. The molecule has 0 radical (unpaired) electrons. The Labute approximate surface area is 153 Å². The Hall–Kier alpha value is -2.21. The molecular formula is C20H25N3O3. The molecule has 138 valence electrons. The summed E-state index contributed by atoms with van der Waals surface area (Å²) in [5.41, 5.74) is -0.394. The van der Waals surface area contributed by atoms with Crippen molar-refractivity contribution in [1.82, 2.24) is 15.5 Å². The standard InChI is InChI=1S/C20H25N3O3/c1-19-11-23(12-20(19,2)18(26)22-17(19)25)10-15(24)21-16(14-8-9-14)13-6-4-3-5-7-13/h3-7,14,16H,8-12H2,1-2H3,(H,21,24)(H,22,25,26). The van der Waals surface area contributed by atoms with Gasteiger partial charge in [0.25, 0.3) is 0 Å². The van der Waals surface area contributed by atoms with Gasteiger partial charge in [-0.2, -0.15) is 0 Å². The number of imide groups is 1. The van der Waals surface area contributed by atoms with E-state index >= 15 is 0 Å². The van der Waals surface area contributed by atoms with Gasteiger partial charge in [0.05, 0.1) is 23.4 Å². The van der Waals surface area contributed by atoms with Crippen LogP contribution >= 0.6 is 0 Å². The number of fused-ring (bicyclic) bond motifs is 1. The van der Waals surface area contributed by atoms with Crippen molar-refractivity contribution < 1.29 is 14.4 Å². The fraction of sp³-hybridized carbons (Fsp3) is 0.550. The maximum atomic E-state index is 12.7. The lowest BCUT2D eigenvalue weighted by Gasteiger charge is -2.26. The highest BCUT2D eigenvalue weighted by Gasteiger charge is 2.65. The summed E-state index contributed by atoms with van der Waals surface area (Å²) in [7, 11) is 0. The monoisotopic (exact) mass is 355 g/mol. The number of likely N-dealkylation sites (tertiary alicyclic amines) is 1. The fourth-order valence-corrected chi connectivity index (χ4v) is 4.42. The summed E-state index contributed by atoms with van der Waals surface area (Å²) < 4.78 is 0. The van der Waals surface area contributed by atoms with Crippen molar-refractivity contribution in [2.45, 2.75) is 32.7 Å². The molecule has 1 aromatic rings. The van der Waals surface area contributed by atoms with Crippen LogP contribution < -0.4 is 10.6 Å². The molecule has 6 heteroatoms. The van der Waals surface area contributed by atoms with E-state index in [1.165, 1.54) is 0 Å². The van der Waals surface area contributed by atoms with Crippen LogP contribution in [0.25, 0.3) is 0 Å². The number of nitrogens with one attached hydrogen (secondary N) is 2. The summed E-state index contributed by atoms with van der Waals surface area (Å²) in [6, 6.07) is 10.1. The van der Waals surface area contributed by atoms with E-state index in [9.17, 15) is 14.4 Å². The molecule has 3 fully saturated rings. The molecule has 3 unspecified atom stereocenters. The minimum atomic E-state index is -0.764.